The van der Waals surface area contributed by atoms with Crippen molar-refractivity contribution in [3.63, 3.8) is 0 Å². The van der Waals surface area contributed by atoms with E-state index in [2.05, 4.69) is 28.6 Å². The van der Waals surface area contributed by atoms with Crippen molar-refractivity contribution in [1.29, 1.82) is 0 Å². The number of fused-ring (bicyclic) bond motifs is 1. The molecule has 4 nitrogen and oxygen atoms in total. The highest BCUT2D eigenvalue weighted by molar-refractivity contribution is 6.05. The second-order valence-corrected chi connectivity index (χ2v) is 4.23. The number of rotatable bonds is 3. The number of nitrogens with one attached hydrogen (secondary N) is 2. The molecular formula is C14H17N3O. The largest absolute Gasteiger partial charge is 0.355 e. The van der Waals surface area contributed by atoms with Crippen LogP contribution in [0.4, 0.5) is 0 Å². The molecule has 1 aromatic heterocycles. The first kappa shape index (κ1) is 12.5. The molecule has 4 heteroatoms. The summed E-state index contributed by atoms with van der Waals surface area (Å²) in [4.78, 5) is 16.2. The molecule has 0 radical (unpaired) electrons. The van der Waals surface area contributed by atoms with Gasteiger partial charge in [0.25, 0.3) is 5.91 Å². The van der Waals surface area contributed by atoms with Crippen molar-refractivity contribution in [3.05, 3.63) is 41.6 Å². The summed E-state index contributed by atoms with van der Waals surface area (Å²) in [5, 5.41) is 6.82. The third-order valence-electron chi connectivity index (χ3n) is 3.13. The second kappa shape index (κ2) is 5.14. The van der Waals surface area contributed by atoms with Gasteiger partial charge in [0.2, 0.25) is 0 Å². The summed E-state index contributed by atoms with van der Waals surface area (Å²) in [6.07, 6.45) is 1.70. The smallest absolute Gasteiger partial charge is 0.253 e. The Morgan fingerprint density at radius 3 is 2.78 bits per heavy atom. The van der Waals surface area contributed by atoms with Crippen LogP contribution in [0.25, 0.3) is 10.9 Å². The van der Waals surface area contributed by atoms with Crippen LogP contribution in [0.1, 0.15) is 28.9 Å². The van der Waals surface area contributed by atoms with Crippen LogP contribution in [0, 0.1) is 0 Å². The molecule has 2 N–H and O–H groups in total. The van der Waals surface area contributed by atoms with Crippen molar-refractivity contribution in [1.82, 2.24) is 15.6 Å². The van der Waals surface area contributed by atoms with E-state index in [1.165, 1.54) is 0 Å². The van der Waals surface area contributed by atoms with Gasteiger partial charge in [-0.15, -0.1) is 0 Å². The minimum Gasteiger partial charge on any atom is -0.355 e. The Morgan fingerprint density at radius 2 is 2.11 bits per heavy atom. The number of nitrogens with zero attached hydrogens (tertiary/aromatic N) is 1. The Morgan fingerprint density at radius 1 is 1.33 bits per heavy atom. The average Bonchev–Trinajstić information content (AvgIpc) is 2.44. The summed E-state index contributed by atoms with van der Waals surface area (Å²) in [6, 6.07) is 8.01. The number of hydrogen-bond donors (Lipinski definition) is 2. The van der Waals surface area contributed by atoms with Crippen LogP contribution in [0.2, 0.25) is 0 Å². The van der Waals surface area contributed by atoms with Gasteiger partial charge in [0.05, 0.1) is 11.1 Å². The zero-order valence-electron chi connectivity index (χ0n) is 10.8. The third-order valence-corrected chi connectivity index (χ3v) is 3.13. The molecular weight excluding hydrogens is 226 g/mol. The summed E-state index contributed by atoms with van der Waals surface area (Å²) in [6.45, 7) is 2.06. The van der Waals surface area contributed by atoms with Crippen LogP contribution < -0.4 is 10.6 Å². The van der Waals surface area contributed by atoms with Gasteiger partial charge in [-0.1, -0.05) is 6.07 Å². The molecule has 18 heavy (non-hydrogen) atoms. The maximum absolute atomic E-state index is 11.9. The van der Waals surface area contributed by atoms with E-state index in [0.717, 1.165) is 16.5 Å². The maximum atomic E-state index is 11.9. The van der Waals surface area contributed by atoms with Gasteiger partial charge < -0.3 is 10.6 Å². The fourth-order valence-corrected chi connectivity index (χ4v) is 1.94. The number of carbonyl (C=O) groups excluding carboxylic acids is 1. The van der Waals surface area contributed by atoms with Gasteiger partial charge in [-0.3, -0.25) is 9.78 Å². The van der Waals surface area contributed by atoms with E-state index in [9.17, 15) is 4.79 Å². The molecule has 0 spiro atoms. The number of benzene rings is 1. The van der Waals surface area contributed by atoms with Crippen molar-refractivity contribution in [2.24, 2.45) is 0 Å². The van der Waals surface area contributed by atoms with Gasteiger partial charge in [-0.2, -0.15) is 0 Å². The van der Waals surface area contributed by atoms with Crippen LogP contribution in [0.3, 0.4) is 0 Å². The van der Waals surface area contributed by atoms with E-state index in [1.807, 2.05) is 25.2 Å². The van der Waals surface area contributed by atoms with Crippen LogP contribution in [0.5, 0.6) is 0 Å². The molecule has 0 aliphatic heterocycles. The second-order valence-electron chi connectivity index (χ2n) is 4.23. The standard InChI is InChI=1S/C14H17N3O/c1-9(15-2)11-7-10-5-4-6-17-13(10)12(8-11)14(18)16-3/h4-9,15H,1-3H3,(H,16,18). The lowest BCUT2D eigenvalue weighted by Gasteiger charge is -2.14. The molecule has 1 amide bonds. The lowest BCUT2D eigenvalue weighted by molar-refractivity contribution is 0.0964. The normalized spacial score (nSPS) is 12.4. The fraction of sp³-hybridized carbons (Fsp3) is 0.286. The van der Waals surface area contributed by atoms with Crippen molar-refractivity contribution < 1.29 is 4.79 Å². The first-order valence-corrected chi connectivity index (χ1v) is 5.95. The van der Waals surface area contributed by atoms with Crippen molar-refractivity contribution >= 4 is 16.8 Å². The highest BCUT2D eigenvalue weighted by Crippen LogP contribution is 2.22. The molecule has 1 unspecified atom stereocenters. The monoisotopic (exact) mass is 243 g/mol. The van der Waals surface area contributed by atoms with Gasteiger partial charge in [0, 0.05) is 24.7 Å². The summed E-state index contributed by atoms with van der Waals surface area (Å²) in [5.74, 6) is -0.108. The molecule has 0 saturated carbocycles. The van der Waals surface area contributed by atoms with Crippen LogP contribution >= 0.6 is 0 Å². The minimum absolute atomic E-state index is 0.108. The predicted octanol–water partition coefficient (Wildman–Crippen LogP) is 1.87. The fourth-order valence-electron chi connectivity index (χ4n) is 1.94. The van der Waals surface area contributed by atoms with E-state index in [1.54, 1.807) is 13.2 Å². The molecule has 1 heterocycles. The van der Waals surface area contributed by atoms with Gasteiger partial charge in [0.15, 0.2) is 0 Å². The Balaban J connectivity index is 2.68. The first-order valence-electron chi connectivity index (χ1n) is 5.95. The molecule has 0 bridgehead atoms. The topological polar surface area (TPSA) is 54.0 Å². The van der Waals surface area contributed by atoms with Gasteiger partial charge >= 0.3 is 0 Å². The molecule has 0 fully saturated rings. The molecule has 2 rings (SSSR count). The molecule has 0 saturated heterocycles. The molecule has 94 valence electrons. The van der Waals surface area contributed by atoms with Crippen molar-refractivity contribution in [3.8, 4) is 0 Å². The summed E-state index contributed by atoms with van der Waals surface area (Å²) in [5.41, 5.74) is 2.44. The maximum Gasteiger partial charge on any atom is 0.253 e. The van der Waals surface area contributed by atoms with Crippen molar-refractivity contribution in [2.45, 2.75) is 13.0 Å². The SMILES string of the molecule is CNC(=O)c1cc(C(C)NC)cc2cccnc12. The van der Waals surface area contributed by atoms with Crippen LogP contribution in [0.15, 0.2) is 30.5 Å². The Bertz CT molecular complexity index is 580. The van der Waals surface area contributed by atoms with Crippen molar-refractivity contribution in [2.75, 3.05) is 14.1 Å². The number of carbonyl (C=O) groups is 1. The van der Waals surface area contributed by atoms with E-state index >= 15 is 0 Å². The summed E-state index contributed by atoms with van der Waals surface area (Å²) in [7, 11) is 3.53. The third kappa shape index (κ3) is 2.19. The Hall–Kier alpha value is -1.94. The predicted molar refractivity (Wildman–Crippen MR) is 72.6 cm³/mol. The van der Waals surface area contributed by atoms with E-state index in [-0.39, 0.29) is 11.9 Å². The van der Waals surface area contributed by atoms with Gasteiger partial charge in [-0.25, -0.2) is 0 Å². The zero-order valence-corrected chi connectivity index (χ0v) is 10.8. The minimum atomic E-state index is -0.108. The van der Waals surface area contributed by atoms with Crippen LogP contribution in [-0.4, -0.2) is 25.0 Å². The number of aromatic nitrogens is 1. The van der Waals surface area contributed by atoms with E-state index < -0.39 is 0 Å². The average molecular weight is 243 g/mol. The molecule has 0 aliphatic rings. The number of hydrogen-bond acceptors (Lipinski definition) is 3. The molecule has 1 aromatic carbocycles. The highest BCUT2D eigenvalue weighted by atomic mass is 16.1. The first-order chi connectivity index (χ1) is 8.67. The van der Waals surface area contributed by atoms with Gasteiger partial charge in [-0.05, 0) is 37.7 Å². The van der Waals surface area contributed by atoms with E-state index in [4.69, 9.17) is 0 Å². The lowest BCUT2D eigenvalue weighted by Crippen LogP contribution is -2.20. The zero-order chi connectivity index (χ0) is 13.1. The molecule has 2 aromatic rings. The highest BCUT2D eigenvalue weighted by Gasteiger charge is 2.13. The lowest BCUT2D eigenvalue weighted by atomic mass is 10.0. The summed E-state index contributed by atoms with van der Waals surface area (Å²) < 4.78 is 0. The Labute approximate surface area is 106 Å². The molecule has 1 atom stereocenters. The Kier molecular flexibility index (Phi) is 3.58. The number of amides is 1. The quantitative estimate of drug-likeness (QED) is 0.865. The number of pyridine rings is 1. The summed E-state index contributed by atoms with van der Waals surface area (Å²) >= 11 is 0. The van der Waals surface area contributed by atoms with Crippen LogP contribution in [-0.2, 0) is 0 Å². The molecule has 0 aliphatic carbocycles. The van der Waals surface area contributed by atoms with Gasteiger partial charge in [0.1, 0.15) is 0 Å². The van der Waals surface area contributed by atoms with E-state index in [0.29, 0.717) is 5.56 Å².